The van der Waals surface area contributed by atoms with Crippen LogP contribution in [0.1, 0.15) is 33.6 Å². The minimum atomic E-state index is -0.141. The van der Waals surface area contributed by atoms with Crippen LogP contribution < -0.4 is 10.1 Å². The van der Waals surface area contributed by atoms with Crippen molar-refractivity contribution in [3.05, 3.63) is 82.2 Å². The summed E-state index contributed by atoms with van der Waals surface area (Å²) in [5.74, 6) is 0.637. The lowest BCUT2D eigenvalue weighted by Crippen LogP contribution is -2.29. The molecule has 0 saturated carbocycles. The molecule has 0 bridgehead atoms. The molecule has 0 aliphatic rings. The molecule has 1 N–H and O–H groups in total. The molecule has 0 saturated heterocycles. The Kier molecular flexibility index (Phi) is 6.14. The minimum Gasteiger partial charge on any atom is -0.483 e. The summed E-state index contributed by atoms with van der Waals surface area (Å²) in [5.41, 5.74) is 6.31. The van der Waals surface area contributed by atoms with Crippen molar-refractivity contribution in [1.29, 1.82) is 0 Å². The number of aromatic nitrogens is 2. The van der Waals surface area contributed by atoms with Gasteiger partial charge < -0.3 is 10.1 Å². The normalized spacial score (nSPS) is 10.7. The van der Waals surface area contributed by atoms with Crippen molar-refractivity contribution in [2.75, 3.05) is 6.61 Å². The van der Waals surface area contributed by atoms with E-state index in [1.165, 1.54) is 5.56 Å². The lowest BCUT2D eigenvalue weighted by molar-refractivity contribution is -0.123. The molecule has 0 aliphatic heterocycles. The summed E-state index contributed by atoms with van der Waals surface area (Å²) < 4.78 is 7.72. The van der Waals surface area contributed by atoms with E-state index in [9.17, 15) is 4.79 Å². The van der Waals surface area contributed by atoms with Gasteiger partial charge in [-0.25, -0.2) is 0 Å². The molecule has 5 nitrogen and oxygen atoms in total. The molecule has 0 unspecified atom stereocenters. The van der Waals surface area contributed by atoms with E-state index in [4.69, 9.17) is 4.74 Å². The summed E-state index contributed by atoms with van der Waals surface area (Å²) in [6, 6.07) is 16.2. The number of benzene rings is 2. The van der Waals surface area contributed by atoms with E-state index < -0.39 is 0 Å². The zero-order chi connectivity index (χ0) is 20.1. The predicted molar refractivity (Wildman–Crippen MR) is 111 cm³/mol. The number of amides is 1. The van der Waals surface area contributed by atoms with Crippen LogP contribution in [-0.4, -0.2) is 22.3 Å². The first kappa shape index (κ1) is 19.7. The van der Waals surface area contributed by atoms with Crippen LogP contribution in [0.2, 0.25) is 0 Å². The molecule has 0 aliphatic carbocycles. The van der Waals surface area contributed by atoms with Gasteiger partial charge in [-0.3, -0.25) is 9.48 Å². The van der Waals surface area contributed by atoms with E-state index in [0.29, 0.717) is 6.54 Å². The van der Waals surface area contributed by atoms with Gasteiger partial charge in [-0.15, -0.1) is 0 Å². The maximum absolute atomic E-state index is 12.3. The molecule has 3 rings (SSSR count). The van der Waals surface area contributed by atoms with Gasteiger partial charge in [0.1, 0.15) is 5.75 Å². The van der Waals surface area contributed by atoms with Crippen LogP contribution in [0.5, 0.6) is 5.75 Å². The average Bonchev–Trinajstić information content (AvgIpc) is 2.93. The quantitative estimate of drug-likeness (QED) is 0.680. The molecule has 3 aromatic rings. The highest BCUT2D eigenvalue weighted by Crippen LogP contribution is 2.22. The Bertz CT molecular complexity index is 941. The average molecular weight is 377 g/mol. The lowest BCUT2D eigenvalue weighted by Gasteiger charge is -2.12. The van der Waals surface area contributed by atoms with Crippen molar-refractivity contribution in [3.8, 4) is 5.75 Å². The van der Waals surface area contributed by atoms with Gasteiger partial charge in [-0.2, -0.15) is 5.10 Å². The topological polar surface area (TPSA) is 56.1 Å². The summed E-state index contributed by atoms with van der Waals surface area (Å²) in [4.78, 5) is 12.3. The van der Waals surface area contributed by atoms with Crippen molar-refractivity contribution in [3.63, 3.8) is 0 Å². The van der Waals surface area contributed by atoms with Crippen molar-refractivity contribution in [2.24, 2.45) is 0 Å². The molecule has 5 heteroatoms. The van der Waals surface area contributed by atoms with E-state index in [2.05, 4.69) is 22.5 Å². The first-order chi connectivity index (χ1) is 13.5. The highest BCUT2D eigenvalue weighted by molar-refractivity contribution is 5.77. The summed E-state index contributed by atoms with van der Waals surface area (Å²) in [7, 11) is 0. The molecule has 1 heterocycles. The van der Waals surface area contributed by atoms with E-state index in [1.807, 2.05) is 68.8 Å². The molecule has 0 fully saturated rings. The van der Waals surface area contributed by atoms with Crippen molar-refractivity contribution >= 4 is 5.91 Å². The SMILES string of the molecule is Cc1cccc(C)c1OCC(=O)NCc1c(C)nn(Cc2ccccc2)c1C. The number of carbonyl (C=O) groups excluding carboxylic acids is 1. The second-order valence-corrected chi connectivity index (χ2v) is 7.08. The fourth-order valence-corrected chi connectivity index (χ4v) is 3.30. The van der Waals surface area contributed by atoms with E-state index in [1.54, 1.807) is 0 Å². The van der Waals surface area contributed by atoms with Crippen LogP contribution >= 0.6 is 0 Å². The Morgan fingerprint density at radius 1 is 1.00 bits per heavy atom. The summed E-state index contributed by atoms with van der Waals surface area (Å²) >= 11 is 0. The van der Waals surface area contributed by atoms with Crippen LogP contribution in [0, 0.1) is 27.7 Å². The van der Waals surface area contributed by atoms with E-state index in [0.717, 1.165) is 40.4 Å². The maximum Gasteiger partial charge on any atom is 0.258 e. The Balaban J connectivity index is 1.59. The molecule has 0 spiro atoms. The van der Waals surface area contributed by atoms with Crippen LogP contribution in [0.15, 0.2) is 48.5 Å². The number of carbonyl (C=O) groups is 1. The first-order valence-electron chi connectivity index (χ1n) is 9.48. The van der Waals surface area contributed by atoms with E-state index >= 15 is 0 Å². The molecule has 0 radical (unpaired) electrons. The predicted octanol–water partition coefficient (Wildman–Crippen LogP) is 3.86. The first-order valence-corrected chi connectivity index (χ1v) is 9.48. The molecular formula is C23H27N3O2. The fraction of sp³-hybridized carbons (Fsp3) is 0.304. The molecule has 1 aromatic heterocycles. The van der Waals surface area contributed by atoms with Crippen LogP contribution in [0.3, 0.4) is 0 Å². The van der Waals surface area contributed by atoms with E-state index in [-0.39, 0.29) is 12.5 Å². The lowest BCUT2D eigenvalue weighted by atomic mass is 10.1. The third-order valence-electron chi connectivity index (χ3n) is 4.93. The Labute approximate surface area is 166 Å². The van der Waals surface area contributed by atoms with Gasteiger partial charge in [0.05, 0.1) is 12.2 Å². The Morgan fingerprint density at radius 2 is 1.68 bits per heavy atom. The van der Waals surface area contributed by atoms with Gasteiger partial charge >= 0.3 is 0 Å². The number of nitrogens with zero attached hydrogens (tertiary/aromatic N) is 2. The van der Waals surface area contributed by atoms with Crippen molar-refractivity contribution in [2.45, 2.75) is 40.8 Å². The molecule has 0 atom stereocenters. The van der Waals surface area contributed by atoms with Crippen LogP contribution in [-0.2, 0) is 17.9 Å². The maximum atomic E-state index is 12.3. The second kappa shape index (κ2) is 8.74. The van der Waals surface area contributed by atoms with Gasteiger partial charge in [-0.05, 0) is 44.4 Å². The monoisotopic (exact) mass is 377 g/mol. The van der Waals surface area contributed by atoms with Gasteiger partial charge in [0, 0.05) is 17.8 Å². The molecular weight excluding hydrogens is 350 g/mol. The number of nitrogens with one attached hydrogen (secondary N) is 1. The van der Waals surface area contributed by atoms with Crippen molar-refractivity contribution < 1.29 is 9.53 Å². The summed E-state index contributed by atoms with van der Waals surface area (Å²) in [6.45, 7) is 9.14. The Morgan fingerprint density at radius 3 is 2.36 bits per heavy atom. The number of hydrogen-bond donors (Lipinski definition) is 1. The number of rotatable bonds is 7. The van der Waals surface area contributed by atoms with Crippen LogP contribution in [0.4, 0.5) is 0 Å². The van der Waals surface area contributed by atoms with Gasteiger partial charge in [0.25, 0.3) is 5.91 Å². The third kappa shape index (κ3) is 4.60. The van der Waals surface area contributed by atoms with Crippen molar-refractivity contribution in [1.82, 2.24) is 15.1 Å². The van der Waals surface area contributed by atoms with Gasteiger partial charge in [0.2, 0.25) is 0 Å². The number of para-hydroxylation sites is 1. The molecule has 1 amide bonds. The largest absolute Gasteiger partial charge is 0.483 e. The molecule has 146 valence electrons. The zero-order valence-corrected chi connectivity index (χ0v) is 17.0. The minimum absolute atomic E-state index is 0.00193. The standard InChI is InChI=1S/C23H27N3O2/c1-16-9-8-10-17(2)23(16)28-15-22(27)24-13-21-18(3)25-26(19(21)4)14-20-11-6-5-7-12-20/h5-12H,13-15H2,1-4H3,(H,24,27). The highest BCUT2D eigenvalue weighted by atomic mass is 16.5. The number of hydrogen-bond acceptors (Lipinski definition) is 3. The second-order valence-electron chi connectivity index (χ2n) is 7.08. The van der Waals surface area contributed by atoms with Gasteiger partial charge in [-0.1, -0.05) is 48.5 Å². The van der Waals surface area contributed by atoms with Gasteiger partial charge in [0.15, 0.2) is 6.61 Å². The summed E-state index contributed by atoms with van der Waals surface area (Å²) in [6.07, 6.45) is 0. The summed E-state index contributed by atoms with van der Waals surface area (Å²) in [5, 5.41) is 7.58. The number of ether oxygens (including phenoxy) is 1. The third-order valence-corrected chi connectivity index (χ3v) is 4.93. The fourth-order valence-electron chi connectivity index (χ4n) is 3.30. The molecule has 28 heavy (non-hydrogen) atoms. The van der Waals surface area contributed by atoms with Crippen LogP contribution in [0.25, 0.3) is 0 Å². The Hall–Kier alpha value is -3.08. The number of aryl methyl sites for hydroxylation is 3. The highest BCUT2D eigenvalue weighted by Gasteiger charge is 2.13. The zero-order valence-electron chi connectivity index (χ0n) is 17.0. The molecule has 2 aromatic carbocycles. The smallest absolute Gasteiger partial charge is 0.258 e.